The third kappa shape index (κ3) is 3.58. The van der Waals surface area contributed by atoms with E-state index in [4.69, 9.17) is 0 Å². The SMILES string of the molecule is Cc1sc2ncn(CCC(=O)Nc3ccccc3N3CCc4ccccc43)c(=O)c2c1C. The first-order valence-electron chi connectivity index (χ1n) is 10.7. The molecule has 1 aliphatic rings. The highest BCUT2D eigenvalue weighted by molar-refractivity contribution is 7.18. The van der Waals surface area contributed by atoms with Gasteiger partial charge in [-0.3, -0.25) is 14.2 Å². The van der Waals surface area contributed by atoms with Crippen molar-refractivity contribution < 1.29 is 4.79 Å². The summed E-state index contributed by atoms with van der Waals surface area (Å²) in [6.45, 7) is 5.11. The molecule has 0 atom stereocenters. The number of benzene rings is 2. The third-order valence-corrected chi connectivity index (χ3v) is 7.21. The summed E-state index contributed by atoms with van der Waals surface area (Å²) < 4.78 is 1.53. The largest absolute Gasteiger partial charge is 0.339 e. The number of rotatable bonds is 5. The molecule has 0 bridgehead atoms. The minimum Gasteiger partial charge on any atom is -0.339 e. The zero-order valence-corrected chi connectivity index (χ0v) is 18.9. The zero-order valence-electron chi connectivity index (χ0n) is 18.1. The number of thiophene rings is 1. The van der Waals surface area contributed by atoms with E-state index in [2.05, 4.69) is 33.4 Å². The Hall–Kier alpha value is -3.45. The van der Waals surface area contributed by atoms with Gasteiger partial charge in [-0.15, -0.1) is 11.3 Å². The Bertz CT molecular complexity index is 1390. The maximum absolute atomic E-state index is 12.9. The summed E-state index contributed by atoms with van der Waals surface area (Å²) >= 11 is 1.53. The second-order valence-corrected chi connectivity index (χ2v) is 9.26. The molecule has 4 aromatic rings. The Morgan fingerprint density at radius 1 is 1.09 bits per heavy atom. The van der Waals surface area contributed by atoms with Gasteiger partial charge in [0.2, 0.25) is 5.91 Å². The molecule has 1 aliphatic heterocycles. The summed E-state index contributed by atoms with van der Waals surface area (Å²) in [4.78, 5) is 34.2. The average molecular weight is 445 g/mol. The number of amides is 1. The number of hydrogen-bond donors (Lipinski definition) is 1. The Balaban J connectivity index is 1.33. The van der Waals surface area contributed by atoms with E-state index in [1.165, 1.54) is 27.2 Å². The Kier molecular flexibility index (Phi) is 5.27. The monoisotopic (exact) mass is 444 g/mol. The summed E-state index contributed by atoms with van der Waals surface area (Å²) in [5, 5.41) is 3.71. The van der Waals surface area contributed by atoms with Gasteiger partial charge in [0.1, 0.15) is 4.83 Å². The molecule has 2 aromatic carbocycles. The first-order valence-corrected chi connectivity index (χ1v) is 11.5. The molecule has 5 rings (SSSR count). The quantitative estimate of drug-likeness (QED) is 0.480. The van der Waals surface area contributed by atoms with E-state index in [1.54, 1.807) is 6.33 Å². The van der Waals surface area contributed by atoms with Crippen molar-refractivity contribution in [3.63, 3.8) is 0 Å². The summed E-state index contributed by atoms with van der Waals surface area (Å²) in [6, 6.07) is 16.2. The van der Waals surface area contributed by atoms with E-state index in [-0.39, 0.29) is 24.4 Å². The molecule has 3 heterocycles. The summed E-state index contributed by atoms with van der Waals surface area (Å²) in [5.74, 6) is -0.129. The fourth-order valence-corrected chi connectivity index (χ4v) is 5.25. The molecule has 0 saturated carbocycles. The van der Waals surface area contributed by atoms with Gasteiger partial charge >= 0.3 is 0 Å². The number of para-hydroxylation sites is 3. The van der Waals surface area contributed by atoms with Crippen molar-refractivity contribution in [2.45, 2.75) is 33.2 Å². The number of aromatic nitrogens is 2. The highest BCUT2D eigenvalue weighted by atomic mass is 32.1. The number of anilines is 3. The lowest BCUT2D eigenvalue weighted by Gasteiger charge is -2.23. The van der Waals surface area contributed by atoms with Gasteiger partial charge in [0.15, 0.2) is 0 Å². The van der Waals surface area contributed by atoms with Crippen LogP contribution in [0, 0.1) is 13.8 Å². The molecular formula is C25H24N4O2S. The number of hydrogen-bond acceptors (Lipinski definition) is 5. The van der Waals surface area contributed by atoms with Crippen LogP contribution in [0.5, 0.6) is 0 Å². The van der Waals surface area contributed by atoms with Crippen molar-refractivity contribution in [1.29, 1.82) is 0 Å². The van der Waals surface area contributed by atoms with Gasteiger partial charge in [-0.25, -0.2) is 4.98 Å². The molecule has 0 aliphatic carbocycles. The van der Waals surface area contributed by atoms with Gasteiger partial charge in [-0.2, -0.15) is 0 Å². The maximum atomic E-state index is 12.9. The lowest BCUT2D eigenvalue weighted by Crippen LogP contribution is -2.24. The maximum Gasteiger partial charge on any atom is 0.262 e. The number of nitrogens with zero attached hydrogens (tertiary/aromatic N) is 3. The van der Waals surface area contributed by atoms with E-state index in [0.29, 0.717) is 5.39 Å². The van der Waals surface area contributed by atoms with Gasteiger partial charge in [0, 0.05) is 30.1 Å². The standard InChI is InChI=1S/C25H24N4O2S/c1-16-17(2)32-24-23(16)25(31)28(15-26-24)13-12-22(30)27-19-8-4-6-10-21(19)29-14-11-18-7-3-5-9-20(18)29/h3-10,15H,11-14H2,1-2H3,(H,27,30). The molecule has 0 unspecified atom stereocenters. The van der Waals surface area contributed by atoms with E-state index in [1.807, 2.05) is 44.2 Å². The molecule has 162 valence electrons. The van der Waals surface area contributed by atoms with Gasteiger partial charge in [0.25, 0.3) is 5.56 Å². The molecule has 1 amide bonds. The second-order valence-electron chi connectivity index (χ2n) is 8.05. The first kappa shape index (κ1) is 20.5. The van der Waals surface area contributed by atoms with Crippen molar-refractivity contribution in [2.24, 2.45) is 0 Å². The van der Waals surface area contributed by atoms with E-state index < -0.39 is 0 Å². The van der Waals surface area contributed by atoms with Crippen molar-refractivity contribution in [2.75, 3.05) is 16.8 Å². The highest BCUT2D eigenvalue weighted by Gasteiger charge is 2.22. The van der Waals surface area contributed by atoms with E-state index in [9.17, 15) is 9.59 Å². The molecule has 7 heteroatoms. The van der Waals surface area contributed by atoms with Gasteiger partial charge < -0.3 is 10.2 Å². The predicted octanol–water partition coefficient (Wildman–Crippen LogP) is 4.80. The highest BCUT2D eigenvalue weighted by Crippen LogP contribution is 2.38. The van der Waals surface area contributed by atoms with Crippen LogP contribution in [0.2, 0.25) is 0 Å². The molecule has 2 aromatic heterocycles. The third-order valence-electron chi connectivity index (χ3n) is 6.09. The van der Waals surface area contributed by atoms with E-state index >= 15 is 0 Å². The lowest BCUT2D eigenvalue weighted by atomic mass is 10.1. The summed E-state index contributed by atoms with van der Waals surface area (Å²) in [7, 11) is 0. The van der Waals surface area contributed by atoms with Crippen LogP contribution in [-0.4, -0.2) is 22.0 Å². The minimum atomic E-state index is -0.129. The molecule has 0 saturated heterocycles. The number of carbonyl (C=O) groups excluding carboxylic acids is 1. The normalized spacial score (nSPS) is 12.9. The predicted molar refractivity (Wildman–Crippen MR) is 130 cm³/mol. The van der Waals surface area contributed by atoms with Crippen molar-refractivity contribution in [3.05, 3.63) is 81.2 Å². The number of carbonyl (C=O) groups is 1. The van der Waals surface area contributed by atoms with Crippen LogP contribution < -0.4 is 15.8 Å². The fourth-order valence-electron chi connectivity index (χ4n) is 4.27. The fraction of sp³-hybridized carbons (Fsp3) is 0.240. The number of aryl methyl sites for hydroxylation is 3. The van der Waals surface area contributed by atoms with Crippen LogP contribution in [0.25, 0.3) is 10.2 Å². The number of fused-ring (bicyclic) bond motifs is 2. The second kappa shape index (κ2) is 8.24. The molecule has 1 N–H and O–H groups in total. The molecule has 0 fully saturated rings. The topological polar surface area (TPSA) is 67.2 Å². The summed E-state index contributed by atoms with van der Waals surface area (Å²) in [5.41, 5.74) is 5.14. The molecule has 32 heavy (non-hydrogen) atoms. The van der Waals surface area contributed by atoms with Crippen molar-refractivity contribution in [3.8, 4) is 0 Å². The molecule has 0 spiro atoms. The molecule has 6 nitrogen and oxygen atoms in total. The Morgan fingerprint density at radius 2 is 1.84 bits per heavy atom. The van der Waals surface area contributed by atoms with Crippen LogP contribution in [-0.2, 0) is 17.8 Å². The zero-order chi connectivity index (χ0) is 22.2. The van der Waals surface area contributed by atoms with Gasteiger partial charge in [-0.05, 0) is 49.6 Å². The van der Waals surface area contributed by atoms with Crippen molar-refractivity contribution in [1.82, 2.24) is 9.55 Å². The first-order chi connectivity index (χ1) is 15.5. The minimum absolute atomic E-state index is 0.0845. The molecular weight excluding hydrogens is 420 g/mol. The summed E-state index contributed by atoms with van der Waals surface area (Å²) in [6.07, 6.45) is 2.72. The van der Waals surface area contributed by atoms with Crippen LogP contribution in [0.3, 0.4) is 0 Å². The lowest BCUT2D eigenvalue weighted by molar-refractivity contribution is -0.116. The van der Waals surface area contributed by atoms with Crippen LogP contribution in [0.15, 0.2) is 59.7 Å². The Labute approximate surface area is 190 Å². The van der Waals surface area contributed by atoms with Crippen LogP contribution in [0.4, 0.5) is 17.1 Å². The van der Waals surface area contributed by atoms with Crippen LogP contribution in [0.1, 0.15) is 22.4 Å². The van der Waals surface area contributed by atoms with Crippen LogP contribution >= 0.6 is 11.3 Å². The number of nitrogens with one attached hydrogen (secondary N) is 1. The van der Waals surface area contributed by atoms with Crippen molar-refractivity contribution >= 4 is 44.5 Å². The van der Waals surface area contributed by atoms with E-state index in [0.717, 1.165) is 39.6 Å². The average Bonchev–Trinajstić information content (AvgIpc) is 3.35. The van der Waals surface area contributed by atoms with Gasteiger partial charge in [0.05, 0.1) is 23.1 Å². The smallest absolute Gasteiger partial charge is 0.262 e. The van der Waals surface area contributed by atoms with Gasteiger partial charge in [-0.1, -0.05) is 30.3 Å². The molecule has 0 radical (unpaired) electrons. The Morgan fingerprint density at radius 3 is 2.69 bits per heavy atom.